The van der Waals surface area contributed by atoms with Gasteiger partial charge in [0.15, 0.2) is 23.1 Å². The van der Waals surface area contributed by atoms with Crippen LogP contribution in [0.4, 0.5) is 22.0 Å². The number of benzene rings is 2. The Hall–Kier alpha value is -5.13. The Morgan fingerprint density at radius 3 is 2.29 bits per heavy atom. The van der Waals surface area contributed by atoms with Gasteiger partial charge in [-0.05, 0) is 68.4 Å². The maximum atomic E-state index is 15.1. The maximum Gasteiger partial charge on any atom is 0.243 e. The number of hydrogen-bond donors (Lipinski definition) is 1. The topological polar surface area (TPSA) is 158 Å². The van der Waals surface area contributed by atoms with Gasteiger partial charge in [-0.2, -0.15) is 0 Å². The molecule has 2 aliphatic carbocycles. The predicted octanol–water partition coefficient (Wildman–Crippen LogP) is 6.97. The van der Waals surface area contributed by atoms with Crippen LogP contribution in [-0.4, -0.2) is 86.0 Å². The van der Waals surface area contributed by atoms with E-state index in [1.165, 1.54) is 31.4 Å². The number of ether oxygens (including phenoxy) is 3. The first-order chi connectivity index (χ1) is 29.4. The summed E-state index contributed by atoms with van der Waals surface area (Å²) < 4.78 is 117. The number of ketones is 2. The molecule has 0 spiro atoms. The van der Waals surface area contributed by atoms with E-state index >= 15 is 4.39 Å². The van der Waals surface area contributed by atoms with Crippen LogP contribution in [0, 0.1) is 52.4 Å². The Bertz CT molecular complexity index is 2420. The van der Waals surface area contributed by atoms with Gasteiger partial charge in [-0.25, -0.2) is 35.4 Å². The number of fused-ring (bicyclic) bond motifs is 3. The lowest BCUT2D eigenvalue weighted by Crippen LogP contribution is -2.48. The van der Waals surface area contributed by atoms with E-state index in [-0.39, 0.29) is 60.9 Å². The van der Waals surface area contributed by atoms with Crippen molar-refractivity contribution in [2.24, 2.45) is 29.1 Å². The molecule has 3 aromatic rings. The number of rotatable bonds is 11. The maximum absolute atomic E-state index is 15.1. The van der Waals surface area contributed by atoms with Crippen LogP contribution >= 0.6 is 0 Å². The van der Waals surface area contributed by atoms with Crippen molar-refractivity contribution in [1.29, 1.82) is 0 Å². The van der Waals surface area contributed by atoms with Crippen molar-refractivity contribution in [2.45, 2.75) is 88.5 Å². The van der Waals surface area contributed by atoms with Gasteiger partial charge < -0.3 is 19.1 Å². The highest BCUT2D eigenvalue weighted by Gasteiger charge is 2.63. The number of alkyl halides is 1. The van der Waals surface area contributed by atoms with Crippen LogP contribution in [0.2, 0.25) is 0 Å². The molecule has 334 valence electrons. The largest absolute Gasteiger partial charge is 0.494 e. The van der Waals surface area contributed by atoms with Gasteiger partial charge in [0.05, 0.1) is 49.4 Å². The number of carbonyl (C=O) groups excluding carboxylic acids is 4. The van der Waals surface area contributed by atoms with Crippen molar-refractivity contribution in [3.8, 4) is 17.4 Å². The van der Waals surface area contributed by atoms with E-state index in [0.717, 1.165) is 6.07 Å². The molecule has 18 heteroatoms. The molecule has 1 aromatic heterocycles. The van der Waals surface area contributed by atoms with Crippen molar-refractivity contribution < 1.29 is 63.8 Å². The minimum absolute atomic E-state index is 0.0289. The molecule has 2 aliphatic heterocycles. The number of carbonyl (C=O) groups is 4. The fourth-order valence-electron chi connectivity index (χ4n) is 9.11. The van der Waals surface area contributed by atoms with Crippen LogP contribution in [0.15, 0.2) is 42.6 Å². The minimum Gasteiger partial charge on any atom is -0.494 e. The van der Waals surface area contributed by atoms with E-state index in [2.05, 4.69) is 9.71 Å². The molecule has 12 nitrogen and oxygen atoms in total. The Labute approximate surface area is 355 Å². The summed E-state index contributed by atoms with van der Waals surface area (Å²) in [6.45, 7) is 2.17. The fourth-order valence-corrected chi connectivity index (χ4v) is 10.6. The van der Waals surface area contributed by atoms with Crippen LogP contribution in [0.3, 0.4) is 0 Å². The molecule has 3 fully saturated rings. The van der Waals surface area contributed by atoms with Gasteiger partial charge >= 0.3 is 0 Å². The molecule has 4 aliphatic rings. The Morgan fingerprint density at radius 1 is 0.952 bits per heavy atom. The average Bonchev–Trinajstić information content (AvgIpc) is 4.12. The smallest absolute Gasteiger partial charge is 0.243 e. The molecular formula is C44H48F5N3O9S. The van der Waals surface area contributed by atoms with Gasteiger partial charge in [0, 0.05) is 42.7 Å². The Morgan fingerprint density at radius 2 is 1.65 bits per heavy atom. The van der Waals surface area contributed by atoms with Gasteiger partial charge in [0.2, 0.25) is 27.7 Å². The number of halogens is 5. The summed E-state index contributed by atoms with van der Waals surface area (Å²) in [4.78, 5) is 63.0. The number of amides is 2. The molecule has 2 aromatic carbocycles. The lowest BCUT2D eigenvalue weighted by Gasteiger charge is -2.32. The van der Waals surface area contributed by atoms with Crippen molar-refractivity contribution in [3.05, 3.63) is 71.4 Å². The van der Waals surface area contributed by atoms with E-state index in [1.807, 2.05) is 13.0 Å². The first-order valence-electron chi connectivity index (χ1n) is 20.5. The molecule has 1 N–H and O–H groups in total. The van der Waals surface area contributed by atoms with Crippen LogP contribution in [-0.2, 0) is 24.4 Å². The van der Waals surface area contributed by atoms with Crippen LogP contribution in [0.1, 0.15) is 82.0 Å². The zero-order valence-electron chi connectivity index (χ0n) is 34.7. The zero-order valence-corrected chi connectivity index (χ0v) is 35.5. The number of aromatic nitrogens is 1. The molecule has 3 heterocycles. The third-order valence-electron chi connectivity index (χ3n) is 13.1. The number of Topliss-reactive ketones (excluding diaryl/α,β-unsaturated/α-hetero) is 2. The zero-order chi connectivity index (χ0) is 44.9. The summed E-state index contributed by atoms with van der Waals surface area (Å²) in [5.74, 6) is -10.7. The molecule has 7 atom stereocenters. The highest BCUT2D eigenvalue weighted by molar-refractivity contribution is 7.91. The molecule has 7 rings (SSSR count). The highest BCUT2D eigenvalue weighted by Crippen LogP contribution is 2.58. The summed E-state index contributed by atoms with van der Waals surface area (Å²) in [6, 6.07) is 1.94. The van der Waals surface area contributed by atoms with Gasteiger partial charge in [-0.3, -0.25) is 23.9 Å². The summed E-state index contributed by atoms with van der Waals surface area (Å²) in [7, 11) is -1.78. The van der Waals surface area contributed by atoms with Crippen LogP contribution in [0.5, 0.6) is 17.4 Å². The van der Waals surface area contributed by atoms with Crippen molar-refractivity contribution in [2.75, 3.05) is 27.4 Å². The summed E-state index contributed by atoms with van der Waals surface area (Å²) in [5.41, 5.74) is -2.57. The van der Waals surface area contributed by atoms with E-state index in [4.69, 9.17) is 14.2 Å². The number of nitrogens with one attached hydrogen (secondary N) is 1. The molecule has 1 saturated heterocycles. The van der Waals surface area contributed by atoms with E-state index in [1.54, 1.807) is 13.0 Å². The van der Waals surface area contributed by atoms with Gasteiger partial charge in [-0.1, -0.05) is 26.0 Å². The van der Waals surface area contributed by atoms with Crippen molar-refractivity contribution in [1.82, 2.24) is 14.6 Å². The third-order valence-corrected chi connectivity index (χ3v) is 15.2. The SMILES string of the molecule is COc1cc2c(OC)cnc(O[C@@H]3C[C@H]4C(=O)C[C@]5(C(=O)NS(=O)(=O)C6(CF)CC6)C[C@H]5/C=C\CC[C@@H](C)C[C@@H](C)[C@H](CC(=O)c5c(F)cc(F)cc5F)C(=O)N4C3)c2cc1F. The average molecular weight is 890 g/mol. The normalized spacial score (nSPS) is 27.9. The van der Waals surface area contributed by atoms with E-state index in [9.17, 15) is 45.2 Å². The fraction of sp³-hybridized carbons (Fsp3) is 0.523. The van der Waals surface area contributed by atoms with Crippen LogP contribution < -0.4 is 18.9 Å². The third kappa shape index (κ3) is 8.50. The van der Waals surface area contributed by atoms with Crippen molar-refractivity contribution in [3.63, 3.8) is 0 Å². The molecule has 0 unspecified atom stereocenters. The molecule has 2 saturated carbocycles. The van der Waals surface area contributed by atoms with Gasteiger partial charge in [-0.15, -0.1) is 0 Å². The number of allylic oxidation sites excluding steroid dienone is 2. The second-order valence-corrected chi connectivity index (χ2v) is 19.4. The van der Waals surface area contributed by atoms with Crippen LogP contribution in [0.25, 0.3) is 10.8 Å². The molecule has 2 amide bonds. The summed E-state index contributed by atoms with van der Waals surface area (Å²) >= 11 is 0. The van der Waals surface area contributed by atoms with Gasteiger partial charge in [0.25, 0.3) is 0 Å². The Kier molecular flexibility index (Phi) is 12.5. The minimum atomic E-state index is -4.46. The number of pyridine rings is 1. The number of methoxy groups -OCH3 is 2. The monoisotopic (exact) mass is 889 g/mol. The lowest BCUT2D eigenvalue weighted by atomic mass is 9.80. The molecule has 62 heavy (non-hydrogen) atoms. The second-order valence-electron chi connectivity index (χ2n) is 17.3. The summed E-state index contributed by atoms with van der Waals surface area (Å²) in [6.07, 6.45) is 4.15. The number of nitrogens with zero attached hydrogens (tertiary/aromatic N) is 2. The standard InChI is InChI=1S/C44H48F5N3O9S/c1-23-7-5-6-8-25-18-44(25,42(56)51-62(57,58)43(22-45)9-10-43)19-36(54)34-14-27(61-40-30-15-31(47)37(59-3)17-29(30)38(60-4)20-50-40)21-52(34)41(55)28(24(2)11-23)16-35(53)39-32(48)12-26(46)13-33(39)49/h6,8,12-13,15,17,20,23-25,27-28,34H,5,7,9-11,14,16,18-19,21-22H2,1-4H3,(H,51,56)/b8-6-/t23-,24-,25-,27-,28+,34+,44-/m1/s1. The first-order valence-corrected chi connectivity index (χ1v) is 22.0. The summed E-state index contributed by atoms with van der Waals surface area (Å²) in [5, 5.41) is 0.541. The van der Waals surface area contributed by atoms with E-state index in [0.29, 0.717) is 36.8 Å². The quantitative estimate of drug-likeness (QED) is 0.121. The number of sulfonamides is 1. The first kappa shape index (κ1) is 44.9. The highest BCUT2D eigenvalue weighted by atomic mass is 32.2. The second kappa shape index (κ2) is 17.2. The Balaban J connectivity index is 1.27. The molecule has 0 bridgehead atoms. The number of hydrogen-bond acceptors (Lipinski definition) is 10. The molecule has 0 radical (unpaired) electrons. The van der Waals surface area contributed by atoms with Crippen molar-refractivity contribution >= 4 is 44.2 Å². The van der Waals surface area contributed by atoms with E-state index < -0.39 is 122 Å². The lowest BCUT2D eigenvalue weighted by molar-refractivity contribution is -0.143. The van der Waals surface area contributed by atoms with Gasteiger partial charge in [0.1, 0.15) is 40.7 Å². The molecular weight excluding hydrogens is 842 g/mol. The predicted molar refractivity (Wildman–Crippen MR) is 215 cm³/mol.